The normalized spacial score (nSPS) is 19.6. The molecule has 0 fully saturated rings. The highest BCUT2D eigenvalue weighted by molar-refractivity contribution is 14.1. The van der Waals surface area contributed by atoms with E-state index in [9.17, 15) is 0 Å². The molecule has 6 nitrogen and oxygen atoms in total. The molecule has 0 unspecified atom stereocenters. The second kappa shape index (κ2) is 2.51. The van der Waals surface area contributed by atoms with Crippen LogP contribution < -0.4 is 11.5 Å². The molecule has 1 atom stereocenters. The van der Waals surface area contributed by atoms with E-state index in [1.165, 1.54) is 0 Å². The van der Waals surface area contributed by atoms with Crippen molar-refractivity contribution in [2.75, 3.05) is 11.5 Å². The maximum Gasteiger partial charge on any atom is 0.224 e. The van der Waals surface area contributed by atoms with Gasteiger partial charge in [0.2, 0.25) is 5.95 Å². The van der Waals surface area contributed by atoms with Crippen molar-refractivity contribution >= 4 is 40.2 Å². The lowest BCUT2D eigenvalue weighted by Gasteiger charge is -2.02. The average molecular weight is 276 g/mol. The molecule has 62 valence electrons. The highest BCUT2D eigenvalue weighted by Crippen LogP contribution is 2.41. The van der Waals surface area contributed by atoms with E-state index in [0.717, 1.165) is 5.56 Å². The number of aromatic nitrogens is 2. The molecule has 1 aliphatic rings. The summed E-state index contributed by atoms with van der Waals surface area (Å²) < 4.78 is -0.0850. The maximum absolute atomic E-state index is 5.61. The maximum atomic E-state index is 5.61. The van der Waals surface area contributed by atoms with Gasteiger partial charge in [-0.05, 0) is 22.6 Å². The van der Waals surface area contributed by atoms with Gasteiger partial charge in [-0.2, -0.15) is 15.1 Å². The molecule has 0 bridgehead atoms. The van der Waals surface area contributed by atoms with Gasteiger partial charge in [0.15, 0.2) is 9.87 Å². The van der Waals surface area contributed by atoms with Crippen LogP contribution in [0.3, 0.4) is 0 Å². The number of fused-ring (bicyclic) bond motifs is 1. The Morgan fingerprint density at radius 3 is 2.75 bits per heavy atom. The van der Waals surface area contributed by atoms with Crippen LogP contribution in [-0.2, 0) is 0 Å². The summed E-state index contributed by atoms with van der Waals surface area (Å²) in [7, 11) is 0. The Morgan fingerprint density at radius 2 is 2.00 bits per heavy atom. The minimum absolute atomic E-state index is 0.0850. The fraction of sp³-hybridized carbons (Fsp3) is 0.200. The first kappa shape index (κ1) is 7.65. The average Bonchev–Trinajstić information content (AvgIpc) is 2.31. The number of anilines is 2. The summed E-state index contributed by atoms with van der Waals surface area (Å²) in [6, 6.07) is 0. The Labute approximate surface area is 81.6 Å². The van der Waals surface area contributed by atoms with E-state index >= 15 is 0 Å². The van der Waals surface area contributed by atoms with Crippen LogP contribution >= 0.6 is 22.6 Å². The number of alkyl halides is 1. The molecular formula is C5H5IN6. The molecule has 2 rings (SSSR count). The first-order valence-electron chi connectivity index (χ1n) is 3.16. The van der Waals surface area contributed by atoms with Crippen LogP contribution in [0.5, 0.6) is 0 Å². The van der Waals surface area contributed by atoms with Crippen LogP contribution in [0.4, 0.5) is 17.6 Å². The van der Waals surface area contributed by atoms with E-state index in [-0.39, 0.29) is 10.00 Å². The van der Waals surface area contributed by atoms with Crippen LogP contribution in [0.15, 0.2) is 10.2 Å². The Kier molecular flexibility index (Phi) is 1.60. The Morgan fingerprint density at radius 1 is 1.25 bits per heavy atom. The molecule has 1 aromatic heterocycles. The molecule has 2 heterocycles. The van der Waals surface area contributed by atoms with E-state index in [2.05, 4.69) is 42.8 Å². The number of halogens is 1. The number of nitrogens with zero attached hydrogens (tertiary/aromatic N) is 4. The van der Waals surface area contributed by atoms with Crippen LogP contribution in [0.2, 0.25) is 0 Å². The monoisotopic (exact) mass is 276 g/mol. The SMILES string of the molecule is Nc1nc(N)c2c(n1)N=N[C@H]2I. The van der Waals surface area contributed by atoms with Gasteiger partial charge < -0.3 is 11.5 Å². The summed E-state index contributed by atoms with van der Waals surface area (Å²) >= 11 is 2.10. The summed E-state index contributed by atoms with van der Waals surface area (Å²) in [6.07, 6.45) is 0. The van der Waals surface area contributed by atoms with E-state index in [1.807, 2.05) is 0 Å². The van der Waals surface area contributed by atoms with E-state index in [4.69, 9.17) is 11.5 Å². The Balaban J connectivity index is 2.66. The fourth-order valence-electron chi connectivity index (χ4n) is 0.960. The predicted molar refractivity (Wildman–Crippen MR) is 52.1 cm³/mol. The second-order valence-corrected chi connectivity index (χ2v) is 3.44. The lowest BCUT2D eigenvalue weighted by atomic mass is 10.3. The zero-order valence-electron chi connectivity index (χ0n) is 5.90. The molecule has 0 saturated carbocycles. The zero-order chi connectivity index (χ0) is 8.72. The molecule has 4 N–H and O–H groups in total. The van der Waals surface area contributed by atoms with Crippen LogP contribution in [0.25, 0.3) is 0 Å². The Hall–Kier alpha value is -0.990. The predicted octanol–water partition coefficient (Wildman–Crippen LogP) is 1.17. The molecule has 0 amide bonds. The van der Waals surface area contributed by atoms with Gasteiger partial charge in [0.25, 0.3) is 0 Å². The van der Waals surface area contributed by atoms with Gasteiger partial charge in [0.05, 0.1) is 5.56 Å². The molecule has 1 aromatic rings. The molecule has 0 aliphatic carbocycles. The summed E-state index contributed by atoms with van der Waals surface area (Å²) in [5.74, 6) is 0.983. The molecule has 7 heteroatoms. The van der Waals surface area contributed by atoms with E-state index in [0.29, 0.717) is 11.6 Å². The molecule has 0 radical (unpaired) electrons. The third kappa shape index (κ3) is 1.00. The molecule has 1 aliphatic heterocycles. The zero-order valence-corrected chi connectivity index (χ0v) is 8.06. The minimum atomic E-state index is -0.0850. The van der Waals surface area contributed by atoms with Gasteiger partial charge in [-0.25, -0.2) is 0 Å². The molecule has 0 saturated heterocycles. The molecule has 0 aromatic carbocycles. The van der Waals surface area contributed by atoms with Gasteiger partial charge in [-0.3, -0.25) is 0 Å². The fourth-order valence-corrected chi connectivity index (χ4v) is 1.68. The van der Waals surface area contributed by atoms with Crippen molar-refractivity contribution in [3.8, 4) is 0 Å². The molecule has 12 heavy (non-hydrogen) atoms. The van der Waals surface area contributed by atoms with Crippen molar-refractivity contribution in [2.24, 2.45) is 10.2 Å². The largest absolute Gasteiger partial charge is 0.383 e. The molecule has 0 spiro atoms. The summed E-state index contributed by atoms with van der Waals surface area (Å²) in [5, 5.41) is 7.69. The third-order valence-electron chi connectivity index (χ3n) is 1.46. The van der Waals surface area contributed by atoms with Gasteiger partial charge in [0.1, 0.15) is 5.82 Å². The van der Waals surface area contributed by atoms with E-state index < -0.39 is 0 Å². The van der Waals surface area contributed by atoms with Crippen LogP contribution in [0, 0.1) is 0 Å². The number of nitrogen functional groups attached to an aromatic ring is 2. The summed E-state index contributed by atoms with van der Waals surface area (Å²) in [4.78, 5) is 7.70. The first-order chi connectivity index (χ1) is 5.68. The molecular weight excluding hydrogens is 271 g/mol. The lowest BCUT2D eigenvalue weighted by Crippen LogP contribution is -2.02. The van der Waals surface area contributed by atoms with Crippen LogP contribution in [0.1, 0.15) is 9.61 Å². The number of rotatable bonds is 0. The number of hydrogen-bond acceptors (Lipinski definition) is 6. The Bertz CT molecular complexity index is 361. The van der Waals surface area contributed by atoms with E-state index in [1.54, 1.807) is 0 Å². The van der Waals surface area contributed by atoms with Gasteiger partial charge in [-0.1, -0.05) is 0 Å². The number of azo groups is 1. The van der Waals surface area contributed by atoms with Gasteiger partial charge >= 0.3 is 0 Å². The first-order valence-corrected chi connectivity index (χ1v) is 4.41. The summed E-state index contributed by atoms with van der Waals surface area (Å²) in [5.41, 5.74) is 11.7. The van der Waals surface area contributed by atoms with Gasteiger partial charge in [-0.15, -0.1) is 5.11 Å². The van der Waals surface area contributed by atoms with Gasteiger partial charge in [0, 0.05) is 0 Å². The quantitative estimate of drug-likeness (QED) is 0.421. The summed E-state index contributed by atoms with van der Waals surface area (Å²) in [6.45, 7) is 0. The highest BCUT2D eigenvalue weighted by Gasteiger charge is 2.23. The van der Waals surface area contributed by atoms with Crippen molar-refractivity contribution in [2.45, 2.75) is 4.05 Å². The smallest absolute Gasteiger partial charge is 0.224 e. The highest BCUT2D eigenvalue weighted by atomic mass is 127. The standard InChI is InChI=1S/C5H5IN6/c6-2-1-3(7)9-5(8)10-4(1)12-11-2/h2H,(H4,7,8,9,10)/t2-/m1/s1. The van der Waals surface area contributed by atoms with Crippen molar-refractivity contribution < 1.29 is 0 Å². The second-order valence-electron chi connectivity index (χ2n) is 2.26. The minimum Gasteiger partial charge on any atom is -0.383 e. The van der Waals surface area contributed by atoms with Crippen molar-refractivity contribution in [1.29, 1.82) is 0 Å². The van der Waals surface area contributed by atoms with Crippen molar-refractivity contribution in [3.05, 3.63) is 5.56 Å². The topological polar surface area (TPSA) is 103 Å². The van der Waals surface area contributed by atoms with Crippen molar-refractivity contribution in [1.82, 2.24) is 9.97 Å². The third-order valence-corrected chi connectivity index (χ3v) is 2.34. The number of hydrogen-bond donors (Lipinski definition) is 2. The van der Waals surface area contributed by atoms with Crippen molar-refractivity contribution in [3.63, 3.8) is 0 Å². The van der Waals surface area contributed by atoms with Crippen LogP contribution in [-0.4, -0.2) is 9.97 Å². The lowest BCUT2D eigenvalue weighted by molar-refractivity contribution is 1.04. The number of nitrogens with two attached hydrogens (primary N) is 2.